The number of amides is 1. The van der Waals surface area contributed by atoms with Crippen LogP contribution in [0.2, 0.25) is 0 Å². The molecule has 0 aromatic heterocycles. The minimum atomic E-state index is -0.977. The monoisotopic (exact) mass is 283 g/mol. The molecule has 5 nitrogen and oxygen atoms in total. The fraction of sp³-hybridized carbons (Fsp3) is 0.429. The highest BCUT2D eigenvalue weighted by atomic mass is 19.1. The van der Waals surface area contributed by atoms with Gasteiger partial charge in [0, 0.05) is 12.5 Å². The predicted molar refractivity (Wildman–Crippen MR) is 72.2 cm³/mol. The summed E-state index contributed by atoms with van der Waals surface area (Å²) in [6, 6.07) is 4.01. The van der Waals surface area contributed by atoms with Gasteiger partial charge >= 0.3 is 5.97 Å². The number of methoxy groups -OCH3 is 1. The lowest BCUT2D eigenvalue weighted by atomic mass is 9.85. The van der Waals surface area contributed by atoms with Crippen molar-refractivity contribution in [3.63, 3.8) is 0 Å². The second kappa shape index (κ2) is 6.36. The van der Waals surface area contributed by atoms with Gasteiger partial charge < -0.3 is 15.2 Å². The Morgan fingerprint density at radius 2 is 2.00 bits per heavy atom. The smallest absolute Gasteiger partial charge is 0.303 e. The van der Waals surface area contributed by atoms with Crippen LogP contribution in [-0.4, -0.2) is 24.1 Å². The van der Waals surface area contributed by atoms with Crippen molar-refractivity contribution in [3.05, 3.63) is 24.0 Å². The van der Waals surface area contributed by atoms with Crippen LogP contribution in [-0.2, 0) is 9.59 Å². The van der Waals surface area contributed by atoms with Crippen molar-refractivity contribution in [3.8, 4) is 5.75 Å². The number of carboxylic acid groups (broad SMARTS) is 1. The van der Waals surface area contributed by atoms with Gasteiger partial charge in [-0.25, -0.2) is 4.39 Å². The van der Waals surface area contributed by atoms with E-state index in [0.29, 0.717) is 5.75 Å². The summed E-state index contributed by atoms with van der Waals surface area (Å²) in [4.78, 5) is 22.5. The summed E-state index contributed by atoms with van der Waals surface area (Å²) in [5.41, 5.74) is -0.689. The Morgan fingerprint density at radius 1 is 1.35 bits per heavy atom. The summed E-state index contributed by atoms with van der Waals surface area (Å²) >= 11 is 0. The van der Waals surface area contributed by atoms with Crippen molar-refractivity contribution in [2.45, 2.75) is 26.7 Å². The number of anilines is 1. The normalized spacial score (nSPS) is 11.0. The lowest BCUT2D eigenvalue weighted by Crippen LogP contribution is -2.25. The topological polar surface area (TPSA) is 75.6 Å². The molecule has 0 bridgehead atoms. The fourth-order valence-electron chi connectivity index (χ4n) is 1.83. The molecule has 1 aromatic rings. The Balaban J connectivity index is 2.73. The Bertz CT molecular complexity index is 514. The maximum Gasteiger partial charge on any atom is 0.303 e. The van der Waals surface area contributed by atoms with Crippen molar-refractivity contribution in [2.75, 3.05) is 12.4 Å². The average molecular weight is 283 g/mol. The van der Waals surface area contributed by atoms with Crippen LogP contribution in [0.3, 0.4) is 0 Å². The highest BCUT2D eigenvalue weighted by Gasteiger charge is 2.25. The SMILES string of the molecule is COc1ccc(F)c(NC(=O)CC(C)(C)CC(=O)O)c1. The number of carbonyl (C=O) groups is 2. The van der Waals surface area contributed by atoms with Gasteiger partial charge in [0.15, 0.2) is 0 Å². The highest BCUT2D eigenvalue weighted by Crippen LogP contribution is 2.27. The molecule has 0 radical (unpaired) electrons. The third-order valence-corrected chi connectivity index (χ3v) is 2.72. The standard InChI is InChI=1S/C14H18FNO4/c1-14(2,8-13(18)19)7-12(17)16-11-6-9(20-3)4-5-10(11)15/h4-6H,7-8H2,1-3H3,(H,16,17)(H,18,19). The molecular weight excluding hydrogens is 265 g/mol. The number of rotatable bonds is 6. The van der Waals surface area contributed by atoms with Crippen LogP contribution >= 0.6 is 0 Å². The highest BCUT2D eigenvalue weighted by molar-refractivity contribution is 5.91. The molecule has 0 saturated carbocycles. The molecule has 0 saturated heterocycles. The summed E-state index contributed by atoms with van der Waals surface area (Å²) in [6.07, 6.45) is -0.156. The molecule has 1 aromatic carbocycles. The number of ether oxygens (including phenoxy) is 1. The van der Waals surface area contributed by atoms with E-state index in [1.165, 1.54) is 25.3 Å². The molecule has 0 aliphatic rings. The first-order valence-electron chi connectivity index (χ1n) is 6.09. The lowest BCUT2D eigenvalue weighted by molar-refractivity contribution is -0.139. The first-order chi connectivity index (χ1) is 9.23. The van der Waals surface area contributed by atoms with Crippen LogP contribution in [0.4, 0.5) is 10.1 Å². The van der Waals surface area contributed by atoms with E-state index >= 15 is 0 Å². The van der Waals surface area contributed by atoms with E-state index in [1.807, 2.05) is 0 Å². The van der Waals surface area contributed by atoms with Crippen molar-refractivity contribution in [2.24, 2.45) is 5.41 Å². The van der Waals surface area contributed by atoms with E-state index in [4.69, 9.17) is 9.84 Å². The first-order valence-corrected chi connectivity index (χ1v) is 6.09. The quantitative estimate of drug-likeness (QED) is 0.841. The summed E-state index contributed by atoms with van der Waals surface area (Å²) < 4.78 is 18.5. The molecule has 0 aliphatic carbocycles. The van der Waals surface area contributed by atoms with Gasteiger partial charge in [-0.15, -0.1) is 0 Å². The number of hydrogen-bond donors (Lipinski definition) is 2. The fourth-order valence-corrected chi connectivity index (χ4v) is 1.83. The molecule has 6 heteroatoms. The molecule has 2 N–H and O–H groups in total. The van der Waals surface area contributed by atoms with Crippen molar-refractivity contribution >= 4 is 17.6 Å². The molecule has 1 amide bonds. The van der Waals surface area contributed by atoms with Crippen molar-refractivity contribution < 1.29 is 23.8 Å². The molecule has 0 unspecified atom stereocenters. The number of carbonyl (C=O) groups excluding carboxylic acids is 1. The van der Waals surface area contributed by atoms with Crippen LogP contribution in [0.15, 0.2) is 18.2 Å². The predicted octanol–water partition coefficient (Wildman–Crippen LogP) is 2.66. The van der Waals surface area contributed by atoms with Crippen molar-refractivity contribution in [1.29, 1.82) is 0 Å². The van der Waals surface area contributed by atoms with Gasteiger partial charge in [0.25, 0.3) is 0 Å². The number of hydrogen-bond acceptors (Lipinski definition) is 3. The van der Waals surface area contributed by atoms with Crippen LogP contribution < -0.4 is 10.1 Å². The Kier molecular flexibility index (Phi) is 5.07. The van der Waals surface area contributed by atoms with Gasteiger partial charge in [0.05, 0.1) is 19.2 Å². The molecule has 110 valence electrons. The largest absolute Gasteiger partial charge is 0.497 e. The number of nitrogens with one attached hydrogen (secondary N) is 1. The van der Waals surface area contributed by atoms with Gasteiger partial charge in [-0.1, -0.05) is 13.8 Å². The van der Waals surface area contributed by atoms with E-state index in [-0.39, 0.29) is 18.5 Å². The van der Waals surface area contributed by atoms with Crippen molar-refractivity contribution in [1.82, 2.24) is 0 Å². The first kappa shape index (κ1) is 15.9. The second-order valence-corrected chi connectivity index (χ2v) is 5.31. The Morgan fingerprint density at radius 3 is 2.55 bits per heavy atom. The van der Waals surface area contributed by atoms with E-state index in [9.17, 15) is 14.0 Å². The minimum absolute atomic E-state index is 0.0143. The van der Waals surface area contributed by atoms with E-state index in [0.717, 1.165) is 0 Å². The van der Waals surface area contributed by atoms with Gasteiger partial charge in [-0.3, -0.25) is 9.59 Å². The number of benzene rings is 1. The van der Waals surface area contributed by atoms with E-state index in [1.54, 1.807) is 13.8 Å². The molecule has 20 heavy (non-hydrogen) atoms. The van der Waals surface area contributed by atoms with Gasteiger partial charge in [-0.2, -0.15) is 0 Å². The third-order valence-electron chi connectivity index (χ3n) is 2.72. The number of carboxylic acids is 1. The molecule has 0 atom stereocenters. The van der Waals surface area contributed by atoms with Crippen LogP contribution in [0.1, 0.15) is 26.7 Å². The van der Waals surface area contributed by atoms with Gasteiger partial charge in [0.2, 0.25) is 5.91 Å². The summed E-state index contributed by atoms with van der Waals surface area (Å²) in [5, 5.41) is 11.2. The maximum atomic E-state index is 13.5. The Hall–Kier alpha value is -2.11. The molecule has 0 heterocycles. The zero-order valence-corrected chi connectivity index (χ0v) is 11.7. The third kappa shape index (κ3) is 4.87. The Labute approximate surface area is 116 Å². The molecule has 0 spiro atoms. The number of halogens is 1. The molecule has 0 fully saturated rings. The molecular formula is C14H18FNO4. The van der Waals surface area contributed by atoms with Crippen LogP contribution in [0, 0.1) is 11.2 Å². The maximum absolute atomic E-state index is 13.5. The zero-order valence-electron chi connectivity index (χ0n) is 11.7. The summed E-state index contributed by atoms with van der Waals surface area (Å²) in [7, 11) is 1.44. The van der Waals surface area contributed by atoms with E-state index in [2.05, 4.69) is 5.32 Å². The summed E-state index contributed by atoms with van der Waals surface area (Å²) in [6.45, 7) is 3.34. The van der Waals surface area contributed by atoms with Gasteiger partial charge in [-0.05, 0) is 17.5 Å². The zero-order chi connectivity index (χ0) is 15.3. The van der Waals surface area contributed by atoms with Crippen LogP contribution in [0.25, 0.3) is 0 Å². The van der Waals surface area contributed by atoms with E-state index < -0.39 is 23.1 Å². The molecule has 1 rings (SSSR count). The minimum Gasteiger partial charge on any atom is -0.497 e. The molecule has 0 aliphatic heterocycles. The second-order valence-electron chi connectivity index (χ2n) is 5.31. The average Bonchev–Trinajstić information content (AvgIpc) is 2.29. The van der Waals surface area contributed by atoms with Gasteiger partial charge in [0.1, 0.15) is 11.6 Å². The van der Waals surface area contributed by atoms with Crippen LogP contribution in [0.5, 0.6) is 5.75 Å². The summed E-state index contributed by atoms with van der Waals surface area (Å²) in [5.74, 6) is -1.57. The number of aliphatic carboxylic acids is 1. The lowest BCUT2D eigenvalue weighted by Gasteiger charge is -2.21.